The lowest BCUT2D eigenvalue weighted by atomic mass is 10.0. The minimum absolute atomic E-state index is 0.0971. The van der Waals surface area contributed by atoms with E-state index in [9.17, 15) is 33.1 Å². The van der Waals surface area contributed by atoms with E-state index in [0.717, 1.165) is 18.2 Å². The number of piperazine rings is 1. The van der Waals surface area contributed by atoms with Crippen molar-refractivity contribution in [1.29, 1.82) is 0 Å². The molecule has 3 atom stereocenters. The molecular weight excluding hydrogens is 614 g/mol. The van der Waals surface area contributed by atoms with Crippen molar-refractivity contribution in [2.45, 2.75) is 38.4 Å². The predicted octanol–water partition coefficient (Wildman–Crippen LogP) is 5.96. The Morgan fingerprint density at radius 1 is 0.848 bits per heavy atom. The summed E-state index contributed by atoms with van der Waals surface area (Å²) < 4.78 is 27.6. The van der Waals surface area contributed by atoms with E-state index in [-0.39, 0.29) is 41.2 Å². The molecule has 0 saturated carbocycles. The number of benzene rings is 3. The summed E-state index contributed by atoms with van der Waals surface area (Å²) in [5, 5.41) is 16.7. The van der Waals surface area contributed by atoms with Crippen LogP contribution in [0.15, 0.2) is 84.2 Å². The first-order valence-electron chi connectivity index (χ1n) is 14.6. The van der Waals surface area contributed by atoms with Crippen molar-refractivity contribution in [3.8, 4) is 0 Å². The zero-order chi connectivity index (χ0) is 33.0. The number of carbonyl (C=O) groups excluding carboxylic acids is 3. The second-order valence-electron chi connectivity index (χ2n) is 11.1. The number of anilines is 2. The molecule has 46 heavy (non-hydrogen) atoms. The molecule has 3 N–H and O–H groups in total. The van der Waals surface area contributed by atoms with Crippen molar-refractivity contribution in [3.63, 3.8) is 0 Å². The summed E-state index contributed by atoms with van der Waals surface area (Å²) >= 11 is 1.32. The Morgan fingerprint density at radius 2 is 1.57 bits per heavy atom. The summed E-state index contributed by atoms with van der Waals surface area (Å²) in [5.41, 5.74) is 1.39. The number of nitrogens with zero attached hydrogens (tertiary/aromatic N) is 2. The Morgan fingerprint density at radius 3 is 2.24 bits per heavy atom. The smallest absolute Gasteiger partial charge is 0.305 e. The van der Waals surface area contributed by atoms with Gasteiger partial charge in [-0.15, -0.1) is 11.3 Å². The molecular formula is C34H32F2N4O5S. The van der Waals surface area contributed by atoms with E-state index >= 15 is 0 Å². The van der Waals surface area contributed by atoms with Gasteiger partial charge in [0, 0.05) is 46.7 Å². The van der Waals surface area contributed by atoms with Crippen LogP contribution in [0, 0.1) is 11.6 Å². The van der Waals surface area contributed by atoms with Gasteiger partial charge in [-0.25, -0.2) is 8.78 Å². The molecule has 9 nitrogen and oxygen atoms in total. The van der Waals surface area contributed by atoms with Crippen LogP contribution >= 0.6 is 11.3 Å². The number of hydrogen-bond acceptors (Lipinski definition) is 6. The fraction of sp³-hybridized carbons (Fsp3) is 0.235. The zero-order valence-corrected chi connectivity index (χ0v) is 25.9. The van der Waals surface area contributed by atoms with Crippen LogP contribution in [0.5, 0.6) is 0 Å². The molecule has 1 aromatic heterocycles. The fourth-order valence-corrected chi connectivity index (χ4v) is 6.26. The minimum Gasteiger partial charge on any atom is -0.481 e. The molecule has 238 valence electrons. The number of hydrogen-bond donors (Lipinski definition) is 3. The fourth-order valence-electron chi connectivity index (χ4n) is 5.48. The van der Waals surface area contributed by atoms with Gasteiger partial charge in [0.1, 0.15) is 0 Å². The highest BCUT2D eigenvalue weighted by Gasteiger charge is 2.34. The lowest BCUT2D eigenvalue weighted by Gasteiger charge is -2.45. The van der Waals surface area contributed by atoms with Gasteiger partial charge in [-0.3, -0.25) is 19.2 Å². The quantitative estimate of drug-likeness (QED) is 0.207. The summed E-state index contributed by atoms with van der Waals surface area (Å²) in [6.07, 6.45) is -0.328. The average Bonchev–Trinajstić information content (AvgIpc) is 3.58. The van der Waals surface area contributed by atoms with Crippen molar-refractivity contribution in [2.75, 3.05) is 23.3 Å². The number of aliphatic carboxylic acids is 1. The first kappa shape index (κ1) is 32.3. The molecule has 0 spiro atoms. The summed E-state index contributed by atoms with van der Waals surface area (Å²) in [6.45, 7) is 4.65. The molecule has 3 amide bonds. The molecule has 3 unspecified atom stereocenters. The summed E-state index contributed by atoms with van der Waals surface area (Å²) in [5.74, 6) is -4.74. The van der Waals surface area contributed by atoms with Gasteiger partial charge in [-0.05, 0) is 73.8 Å². The van der Waals surface area contributed by atoms with Crippen LogP contribution in [0.25, 0.3) is 0 Å². The number of nitrogens with one attached hydrogen (secondary N) is 2. The van der Waals surface area contributed by atoms with Gasteiger partial charge in [0.15, 0.2) is 11.6 Å². The topological polar surface area (TPSA) is 119 Å². The maximum atomic E-state index is 14.0. The molecule has 1 saturated heterocycles. The predicted molar refractivity (Wildman–Crippen MR) is 171 cm³/mol. The standard InChI is InChI=1S/C34H32F2N4O5S/c1-20-19-40(34(45)22-7-4-3-5-8-22)21(2)18-39(20)29-13-11-24(33(44)38-28(17-31(41)42)30-9-6-14-46-30)16-27(29)37-32(43)23-10-12-25(35)26(36)15-23/h3-16,20-21,28H,17-19H2,1-2H3,(H,37,43)(H,38,44)(H,41,42). The largest absolute Gasteiger partial charge is 0.481 e. The SMILES string of the molecule is CC1CN(c2ccc(C(=O)NC(CC(=O)O)c3cccs3)cc2NC(=O)c2ccc(F)c(F)c2)C(C)CN1C(=O)c1ccccc1. The van der Waals surface area contributed by atoms with Crippen LogP contribution in [-0.4, -0.2) is 58.9 Å². The monoisotopic (exact) mass is 646 g/mol. The van der Waals surface area contributed by atoms with E-state index in [0.29, 0.717) is 29.2 Å². The zero-order valence-electron chi connectivity index (χ0n) is 25.1. The second kappa shape index (κ2) is 13.9. The highest BCUT2D eigenvalue weighted by atomic mass is 32.1. The van der Waals surface area contributed by atoms with Crippen LogP contribution in [0.2, 0.25) is 0 Å². The van der Waals surface area contributed by atoms with Gasteiger partial charge in [0.25, 0.3) is 17.7 Å². The van der Waals surface area contributed by atoms with E-state index < -0.39 is 35.5 Å². The van der Waals surface area contributed by atoms with Crippen LogP contribution in [0.4, 0.5) is 20.2 Å². The minimum atomic E-state index is -1.18. The third-order valence-electron chi connectivity index (χ3n) is 7.84. The van der Waals surface area contributed by atoms with Crippen molar-refractivity contribution < 1.29 is 33.1 Å². The second-order valence-corrected chi connectivity index (χ2v) is 12.1. The highest BCUT2D eigenvalue weighted by Crippen LogP contribution is 2.33. The molecule has 5 rings (SSSR count). The number of carbonyl (C=O) groups is 4. The Hall–Kier alpha value is -5.10. The normalized spacial score (nSPS) is 16.9. The summed E-state index contributed by atoms with van der Waals surface area (Å²) in [4.78, 5) is 56.0. The Labute approximate surface area is 268 Å². The first-order chi connectivity index (χ1) is 22.0. The van der Waals surface area contributed by atoms with Crippen molar-refractivity contribution in [3.05, 3.63) is 117 Å². The average molecular weight is 647 g/mol. The maximum Gasteiger partial charge on any atom is 0.305 e. The molecule has 0 bridgehead atoms. The highest BCUT2D eigenvalue weighted by molar-refractivity contribution is 7.10. The van der Waals surface area contributed by atoms with Gasteiger partial charge in [-0.2, -0.15) is 0 Å². The van der Waals surface area contributed by atoms with Crippen molar-refractivity contribution in [2.24, 2.45) is 0 Å². The molecule has 12 heteroatoms. The lowest BCUT2D eigenvalue weighted by molar-refractivity contribution is -0.137. The summed E-state index contributed by atoms with van der Waals surface area (Å²) in [7, 11) is 0. The van der Waals surface area contributed by atoms with Gasteiger partial charge in [0.05, 0.1) is 23.8 Å². The number of carboxylic acids is 1. The van der Waals surface area contributed by atoms with E-state index in [4.69, 9.17) is 0 Å². The molecule has 0 radical (unpaired) electrons. The Kier molecular flexibility index (Phi) is 9.76. The third-order valence-corrected chi connectivity index (χ3v) is 8.82. The van der Waals surface area contributed by atoms with Crippen LogP contribution < -0.4 is 15.5 Å². The molecule has 4 aromatic rings. The maximum absolute atomic E-state index is 14.0. The number of amides is 3. The van der Waals surface area contributed by atoms with E-state index in [1.54, 1.807) is 46.7 Å². The lowest BCUT2D eigenvalue weighted by Crippen LogP contribution is -2.58. The van der Waals surface area contributed by atoms with Gasteiger partial charge in [0.2, 0.25) is 0 Å². The molecule has 3 aromatic carbocycles. The molecule has 1 aliphatic rings. The number of thiophene rings is 1. The van der Waals surface area contributed by atoms with Gasteiger partial charge >= 0.3 is 5.97 Å². The number of carboxylic acid groups (broad SMARTS) is 1. The Balaban J connectivity index is 1.45. The van der Waals surface area contributed by atoms with E-state index in [1.165, 1.54) is 17.4 Å². The number of halogens is 2. The van der Waals surface area contributed by atoms with Crippen LogP contribution in [0.1, 0.15) is 62.3 Å². The van der Waals surface area contributed by atoms with Crippen LogP contribution in [0.3, 0.4) is 0 Å². The first-order valence-corrected chi connectivity index (χ1v) is 15.5. The van der Waals surface area contributed by atoms with E-state index in [2.05, 4.69) is 10.6 Å². The van der Waals surface area contributed by atoms with Crippen molar-refractivity contribution in [1.82, 2.24) is 10.2 Å². The van der Waals surface area contributed by atoms with Crippen LogP contribution in [-0.2, 0) is 4.79 Å². The third kappa shape index (κ3) is 7.23. The summed E-state index contributed by atoms with van der Waals surface area (Å²) in [6, 6.07) is 18.8. The van der Waals surface area contributed by atoms with Crippen molar-refractivity contribution >= 4 is 46.4 Å². The van der Waals surface area contributed by atoms with Gasteiger partial charge < -0.3 is 25.5 Å². The molecule has 2 heterocycles. The Bertz CT molecular complexity index is 1750. The van der Waals surface area contributed by atoms with Gasteiger partial charge in [-0.1, -0.05) is 24.3 Å². The molecule has 1 fully saturated rings. The molecule has 0 aliphatic carbocycles. The van der Waals surface area contributed by atoms with E-state index in [1.807, 2.05) is 36.9 Å². The number of rotatable bonds is 9. The molecule has 1 aliphatic heterocycles.